The summed E-state index contributed by atoms with van der Waals surface area (Å²) in [4.78, 5) is 0. The van der Waals surface area contributed by atoms with Crippen LogP contribution in [-0.4, -0.2) is 13.9 Å². The second kappa shape index (κ2) is 4.66. The van der Waals surface area contributed by atoms with Crippen LogP contribution in [0.1, 0.15) is 25.7 Å². The molecule has 0 aromatic heterocycles. The standard InChI is InChI=1S/C13H24OSi/c1-6-10-13(14-15(3,4)5)11-8-9-12(13)7-2/h6-7,12H,1-2,8-11H2,3-5H3/t12-,13+/m0/s1. The van der Waals surface area contributed by atoms with Crippen molar-refractivity contribution < 1.29 is 4.43 Å². The molecule has 0 unspecified atom stereocenters. The molecule has 0 aromatic carbocycles. The lowest BCUT2D eigenvalue weighted by atomic mass is 9.88. The molecule has 1 rings (SSSR count). The van der Waals surface area contributed by atoms with E-state index < -0.39 is 8.32 Å². The highest BCUT2D eigenvalue weighted by Crippen LogP contribution is 2.43. The third-order valence-electron chi connectivity index (χ3n) is 3.07. The van der Waals surface area contributed by atoms with Crippen LogP contribution in [0.2, 0.25) is 19.6 Å². The second-order valence-electron chi connectivity index (χ2n) is 5.51. The minimum Gasteiger partial charge on any atom is -0.411 e. The van der Waals surface area contributed by atoms with Crippen molar-refractivity contribution in [2.45, 2.75) is 50.9 Å². The van der Waals surface area contributed by atoms with Crippen molar-refractivity contribution in [3.63, 3.8) is 0 Å². The summed E-state index contributed by atoms with van der Waals surface area (Å²) >= 11 is 0. The van der Waals surface area contributed by atoms with Gasteiger partial charge in [-0.25, -0.2) is 0 Å². The van der Waals surface area contributed by atoms with E-state index in [0.717, 1.165) is 6.42 Å². The second-order valence-corrected chi connectivity index (χ2v) is 9.94. The summed E-state index contributed by atoms with van der Waals surface area (Å²) in [6.45, 7) is 14.6. The average Bonchev–Trinajstić information content (AvgIpc) is 2.45. The fourth-order valence-corrected chi connectivity index (χ4v) is 4.23. The molecule has 1 aliphatic rings. The third kappa shape index (κ3) is 3.05. The fraction of sp³-hybridized carbons (Fsp3) is 0.692. The molecule has 86 valence electrons. The van der Waals surface area contributed by atoms with Crippen LogP contribution in [0.5, 0.6) is 0 Å². The van der Waals surface area contributed by atoms with Gasteiger partial charge in [-0.2, -0.15) is 0 Å². The molecule has 1 fully saturated rings. The first kappa shape index (κ1) is 12.7. The van der Waals surface area contributed by atoms with Crippen molar-refractivity contribution in [2.75, 3.05) is 0 Å². The molecular weight excluding hydrogens is 200 g/mol. The van der Waals surface area contributed by atoms with Crippen LogP contribution >= 0.6 is 0 Å². The smallest absolute Gasteiger partial charge is 0.184 e. The molecule has 0 aromatic rings. The van der Waals surface area contributed by atoms with Crippen molar-refractivity contribution in [3.8, 4) is 0 Å². The van der Waals surface area contributed by atoms with Crippen LogP contribution in [0.3, 0.4) is 0 Å². The van der Waals surface area contributed by atoms with Gasteiger partial charge in [0.25, 0.3) is 0 Å². The summed E-state index contributed by atoms with van der Waals surface area (Å²) in [7, 11) is -1.49. The van der Waals surface area contributed by atoms with Crippen LogP contribution in [0.4, 0.5) is 0 Å². The van der Waals surface area contributed by atoms with Crippen molar-refractivity contribution in [2.24, 2.45) is 5.92 Å². The highest BCUT2D eigenvalue weighted by molar-refractivity contribution is 6.69. The van der Waals surface area contributed by atoms with E-state index >= 15 is 0 Å². The first-order valence-corrected chi connectivity index (χ1v) is 9.28. The van der Waals surface area contributed by atoms with Gasteiger partial charge in [-0.15, -0.1) is 13.2 Å². The van der Waals surface area contributed by atoms with Crippen LogP contribution in [0, 0.1) is 5.92 Å². The number of hydrogen-bond donors (Lipinski definition) is 0. The number of hydrogen-bond acceptors (Lipinski definition) is 1. The summed E-state index contributed by atoms with van der Waals surface area (Å²) in [5.74, 6) is 0.516. The Morgan fingerprint density at radius 2 is 2.07 bits per heavy atom. The van der Waals surface area contributed by atoms with Gasteiger partial charge in [0.1, 0.15) is 0 Å². The Morgan fingerprint density at radius 1 is 1.40 bits per heavy atom. The van der Waals surface area contributed by atoms with E-state index in [4.69, 9.17) is 4.43 Å². The van der Waals surface area contributed by atoms with Gasteiger partial charge in [-0.1, -0.05) is 12.2 Å². The zero-order chi connectivity index (χ0) is 11.5. The fourth-order valence-electron chi connectivity index (χ4n) is 2.68. The van der Waals surface area contributed by atoms with Crippen LogP contribution in [0.15, 0.2) is 25.3 Å². The van der Waals surface area contributed by atoms with Crippen molar-refractivity contribution in [1.82, 2.24) is 0 Å². The normalized spacial score (nSPS) is 31.5. The zero-order valence-corrected chi connectivity index (χ0v) is 11.4. The Morgan fingerprint density at radius 3 is 2.53 bits per heavy atom. The van der Waals surface area contributed by atoms with E-state index in [1.165, 1.54) is 19.3 Å². The van der Waals surface area contributed by atoms with Gasteiger partial charge in [0.2, 0.25) is 0 Å². The molecule has 2 atom stereocenters. The molecule has 0 heterocycles. The Balaban J connectivity index is 2.86. The summed E-state index contributed by atoms with van der Waals surface area (Å²) < 4.78 is 6.43. The quantitative estimate of drug-likeness (QED) is 0.504. The van der Waals surface area contributed by atoms with Gasteiger partial charge >= 0.3 is 0 Å². The molecule has 0 radical (unpaired) electrons. The Hall–Kier alpha value is -0.343. The lowest BCUT2D eigenvalue weighted by molar-refractivity contribution is 0.0422. The lowest BCUT2D eigenvalue weighted by Gasteiger charge is -2.39. The molecule has 0 saturated heterocycles. The maximum Gasteiger partial charge on any atom is 0.184 e. The van der Waals surface area contributed by atoms with Crippen molar-refractivity contribution >= 4 is 8.32 Å². The van der Waals surface area contributed by atoms with Crippen LogP contribution < -0.4 is 0 Å². The van der Waals surface area contributed by atoms with E-state index in [0.29, 0.717) is 5.92 Å². The van der Waals surface area contributed by atoms with Crippen molar-refractivity contribution in [3.05, 3.63) is 25.3 Å². The van der Waals surface area contributed by atoms with Crippen molar-refractivity contribution in [1.29, 1.82) is 0 Å². The van der Waals surface area contributed by atoms with E-state index in [-0.39, 0.29) is 5.60 Å². The Labute approximate surface area is 95.4 Å². The molecule has 15 heavy (non-hydrogen) atoms. The summed E-state index contributed by atoms with van der Waals surface area (Å²) in [5.41, 5.74) is 0.0218. The minimum absolute atomic E-state index is 0.0218. The SMILES string of the molecule is C=CC[C@@]1(O[Si](C)(C)C)CCC[C@@H]1C=C. The van der Waals surface area contributed by atoms with E-state index in [1.54, 1.807) is 0 Å². The highest BCUT2D eigenvalue weighted by Gasteiger charge is 2.43. The van der Waals surface area contributed by atoms with E-state index in [2.05, 4.69) is 38.9 Å². The van der Waals surface area contributed by atoms with Crippen LogP contribution in [0.25, 0.3) is 0 Å². The van der Waals surface area contributed by atoms with E-state index in [1.807, 2.05) is 6.08 Å². The molecule has 0 bridgehead atoms. The van der Waals surface area contributed by atoms with Gasteiger partial charge in [0.05, 0.1) is 5.60 Å². The largest absolute Gasteiger partial charge is 0.411 e. The zero-order valence-electron chi connectivity index (χ0n) is 10.4. The lowest BCUT2D eigenvalue weighted by Crippen LogP contribution is -2.44. The summed E-state index contributed by atoms with van der Waals surface area (Å²) in [6, 6.07) is 0. The van der Waals surface area contributed by atoms with Crippen LogP contribution in [-0.2, 0) is 4.43 Å². The first-order valence-electron chi connectivity index (χ1n) is 5.87. The Kier molecular flexibility index (Phi) is 3.96. The summed E-state index contributed by atoms with van der Waals surface area (Å²) in [5, 5.41) is 0. The maximum absolute atomic E-state index is 6.43. The molecule has 1 nitrogen and oxygen atoms in total. The molecule has 0 aliphatic heterocycles. The predicted octanol–water partition coefficient (Wildman–Crippen LogP) is 4.14. The van der Waals surface area contributed by atoms with E-state index in [9.17, 15) is 0 Å². The third-order valence-corrected chi connectivity index (χ3v) is 4.09. The average molecular weight is 224 g/mol. The molecule has 1 aliphatic carbocycles. The van der Waals surface area contributed by atoms with Gasteiger partial charge in [0.15, 0.2) is 8.32 Å². The molecule has 0 N–H and O–H groups in total. The van der Waals surface area contributed by atoms with Gasteiger partial charge in [0, 0.05) is 5.92 Å². The topological polar surface area (TPSA) is 9.23 Å². The minimum atomic E-state index is -1.49. The van der Waals surface area contributed by atoms with Gasteiger partial charge in [-0.3, -0.25) is 0 Å². The molecule has 1 saturated carbocycles. The maximum atomic E-state index is 6.43. The number of rotatable bonds is 5. The predicted molar refractivity (Wildman–Crippen MR) is 69.5 cm³/mol. The van der Waals surface area contributed by atoms with Gasteiger partial charge in [-0.05, 0) is 45.3 Å². The van der Waals surface area contributed by atoms with Gasteiger partial charge < -0.3 is 4.43 Å². The Bertz CT molecular complexity index is 241. The highest BCUT2D eigenvalue weighted by atomic mass is 28.4. The molecular formula is C13H24OSi. The molecule has 2 heteroatoms. The summed E-state index contributed by atoms with van der Waals surface area (Å²) in [6.07, 6.45) is 8.70. The molecule has 0 amide bonds. The molecule has 0 spiro atoms. The first-order chi connectivity index (χ1) is 6.93. The monoisotopic (exact) mass is 224 g/mol.